The highest BCUT2D eigenvalue weighted by molar-refractivity contribution is 8.93. The predicted octanol–water partition coefficient (Wildman–Crippen LogP) is 7.40. The maximum Gasteiger partial charge on any atom is 0.127 e. The molecule has 27 heavy (non-hydrogen) atoms. The van der Waals surface area contributed by atoms with Gasteiger partial charge in [0.25, 0.3) is 0 Å². The van der Waals surface area contributed by atoms with Crippen LogP contribution in [0.5, 0.6) is 11.5 Å². The van der Waals surface area contributed by atoms with Gasteiger partial charge >= 0.3 is 0 Å². The molecule has 1 heterocycles. The molecule has 0 saturated carbocycles. The molecule has 2 nitrogen and oxygen atoms in total. The molecule has 0 fully saturated rings. The predicted molar refractivity (Wildman–Crippen MR) is 118 cm³/mol. The first kappa shape index (κ1) is 18.2. The second-order valence-corrected chi connectivity index (χ2v) is 7.73. The zero-order valence-electron chi connectivity index (χ0n) is 14.2. The van der Waals surface area contributed by atoms with Crippen molar-refractivity contribution in [2.75, 3.05) is 0 Å². The van der Waals surface area contributed by atoms with E-state index >= 15 is 0 Å². The summed E-state index contributed by atoms with van der Waals surface area (Å²) in [6.07, 6.45) is 0.910. The summed E-state index contributed by atoms with van der Waals surface area (Å²) in [6, 6.07) is 24.0. The Balaban J connectivity index is 0.00000180. The number of hydrogen-bond acceptors (Lipinski definition) is 3. The molecule has 1 aliphatic rings. The average molecular weight is 457 g/mol. The summed E-state index contributed by atoms with van der Waals surface area (Å²) in [6.45, 7) is 0. The highest BCUT2D eigenvalue weighted by Gasteiger charge is 2.24. The quantitative estimate of drug-likeness (QED) is 0.282. The summed E-state index contributed by atoms with van der Waals surface area (Å²) >= 11 is 7.70. The van der Waals surface area contributed by atoms with Crippen LogP contribution in [0.3, 0.4) is 0 Å². The van der Waals surface area contributed by atoms with E-state index in [9.17, 15) is 0 Å². The summed E-state index contributed by atoms with van der Waals surface area (Å²) in [5.41, 5.74) is 4.77. The second-order valence-electron chi connectivity index (χ2n) is 6.21. The van der Waals surface area contributed by atoms with E-state index in [1.54, 1.807) is 11.3 Å². The molecule has 0 N–H and O–H groups in total. The van der Waals surface area contributed by atoms with Gasteiger partial charge in [-0.3, -0.25) is 0 Å². The third kappa shape index (κ3) is 3.53. The minimum Gasteiger partial charge on any atom is -0.457 e. The summed E-state index contributed by atoms with van der Waals surface area (Å²) in [5, 5.41) is 1.79. The van der Waals surface area contributed by atoms with E-state index in [1.165, 1.54) is 21.6 Å². The largest absolute Gasteiger partial charge is 0.457 e. The molecule has 1 aliphatic carbocycles. The lowest BCUT2D eigenvalue weighted by Gasteiger charge is -2.08. The molecule has 3 aromatic carbocycles. The zero-order valence-corrected chi connectivity index (χ0v) is 17.5. The molecule has 134 valence electrons. The Bertz CT molecular complexity index is 1090. The fourth-order valence-electron chi connectivity index (χ4n) is 3.21. The molecular formula is C22H15BrClNOS. The zero-order chi connectivity index (χ0) is 17.5. The number of aromatic nitrogens is 1. The third-order valence-corrected chi connectivity index (χ3v) is 5.81. The van der Waals surface area contributed by atoms with E-state index in [4.69, 9.17) is 21.3 Å². The van der Waals surface area contributed by atoms with Crippen molar-refractivity contribution in [1.29, 1.82) is 0 Å². The molecule has 0 radical (unpaired) electrons. The van der Waals surface area contributed by atoms with Crippen LogP contribution in [0, 0.1) is 0 Å². The van der Waals surface area contributed by atoms with Crippen molar-refractivity contribution in [2.24, 2.45) is 0 Å². The van der Waals surface area contributed by atoms with Gasteiger partial charge in [0.1, 0.15) is 16.5 Å². The number of rotatable bonds is 3. The minimum absolute atomic E-state index is 0. The van der Waals surface area contributed by atoms with Gasteiger partial charge in [0.2, 0.25) is 0 Å². The van der Waals surface area contributed by atoms with Gasteiger partial charge in [-0.25, -0.2) is 4.98 Å². The summed E-state index contributed by atoms with van der Waals surface area (Å²) in [4.78, 5) is 6.21. The Morgan fingerprint density at radius 2 is 1.63 bits per heavy atom. The van der Waals surface area contributed by atoms with E-state index < -0.39 is 0 Å². The van der Waals surface area contributed by atoms with Gasteiger partial charge in [0.15, 0.2) is 0 Å². The van der Waals surface area contributed by atoms with E-state index in [2.05, 4.69) is 36.4 Å². The Morgan fingerprint density at radius 1 is 0.889 bits per heavy atom. The lowest BCUT2D eigenvalue weighted by atomic mass is 10.1. The van der Waals surface area contributed by atoms with Crippen molar-refractivity contribution >= 4 is 39.9 Å². The Labute approximate surface area is 177 Å². The number of ether oxygens (including phenoxy) is 1. The first-order valence-electron chi connectivity index (χ1n) is 8.38. The van der Waals surface area contributed by atoms with E-state index in [0.29, 0.717) is 5.02 Å². The fourth-order valence-corrected chi connectivity index (χ4v) is 4.44. The first-order chi connectivity index (χ1) is 12.8. The maximum atomic E-state index is 5.95. The molecule has 1 aromatic heterocycles. The Morgan fingerprint density at radius 3 is 2.41 bits per heavy atom. The topological polar surface area (TPSA) is 22.1 Å². The second kappa shape index (κ2) is 7.47. The van der Waals surface area contributed by atoms with E-state index in [0.717, 1.165) is 28.6 Å². The number of hydrogen-bond donors (Lipinski definition) is 0. The van der Waals surface area contributed by atoms with Gasteiger partial charge in [0.05, 0.1) is 5.69 Å². The standard InChI is InChI=1S/C22H14ClNOS.BrH/c23-16-6-8-17(9-7-16)25-18-10-11-19-15(12-18)13-20-21(19)24-22(26-20)14-4-2-1-3-5-14;/h1-12H,13H2;1H. The molecule has 5 heteroatoms. The van der Waals surface area contributed by atoms with Gasteiger partial charge in [-0.2, -0.15) is 0 Å². The lowest BCUT2D eigenvalue weighted by molar-refractivity contribution is 0.482. The SMILES string of the molecule is Br.Clc1ccc(Oc2ccc3c(c2)Cc2sc(-c4ccccc4)nc2-3)cc1. The summed E-state index contributed by atoms with van der Waals surface area (Å²) < 4.78 is 5.95. The maximum absolute atomic E-state index is 5.95. The highest BCUT2D eigenvalue weighted by Crippen LogP contribution is 2.43. The van der Waals surface area contributed by atoms with Crippen LogP contribution >= 0.6 is 39.9 Å². The van der Waals surface area contributed by atoms with Crippen molar-refractivity contribution in [2.45, 2.75) is 6.42 Å². The number of halogens is 2. The van der Waals surface area contributed by atoms with Crippen molar-refractivity contribution in [3.05, 3.63) is 88.3 Å². The van der Waals surface area contributed by atoms with Gasteiger partial charge in [-0.05, 0) is 48.0 Å². The third-order valence-electron chi connectivity index (χ3n) is 4.45. The van der Waals surface area contributed by atoms with Crippen molar-refractivity contribution in [1.82, 2.24) is 4.98 Å². The molecule has 0 amide bonds. The highest BCUT2D eigenvalue weighted by atomic mass is 79.9. The Hall–Kier alpha value is -2.14. The van der Waals surface area contributed by atoms with Crippen molar-refractivity contribution in [3.63, 3.8) is 0 Å². The number of benzene rings is 3. The van der Waals surface area contributed by atoms with Crippen LogP contribution in [-0.2, 0) is 6.42 Å². The number of fused-ring (bicyclic) bond motifs is 3. The van der Waals surface area contributed by atoms with E-state index in [1.807, 2.05) is 36.4 Å². The molecule has 0 bridgehead atoms. The van der Waals surface area contributed by atoms with Gasteiger partial charge in [-0.15, -0.1) is 28.3 Å². The van der Waals surface area contributed by atoms with Crippen LogP contribution in [0.25, 0.3) is 21.8 Å². The van der Waals surface area contributed by atoms with Crippen LogP contribution in [0.15, 0.2) is 72.8 Å². The molecule has 0 spiro atoms. The van der Waals surface area contributed by atoms with Crippen molar-refractivity contribution in [3.8, 4) is 33.3 Å². The number of thiazole rings is 1. The van der Waals surface area contributed by atoms with Crippen LogP contribution in [-0.4, -0.2) is 4.98 Å². The monoisotopic (exact) mass is 455 g/mol. The smallest absolute Gasteiger partial charge is 0.127 e. The number of nitrogens with zero attached hydrogens (tertiary/aromatic N) is 1. The average Bonchev–Trinajstić information content (AvgIpc) is 3.22. The molecule has 4 aromatic rings. The van der Waals surface area contributed by atoms with Crippen LogP contribution in [0.1, 0.15) is 10.4 Å². The molecular weight excluding hydrogens is 442 g/mol. The minimum atomic E-state index is 0. The molecule has 5 rings (SSSR count). The van der Waals surface area contributed by atoms with Gasteiger partial charge < -0.3 is 4.74 Å². The Kier molecular flexibility index (Phi) is 5.04. The van der Waals surface area contributed by atoms with Gasteiger partial charge in [-0.1, -0.05) is 41.9 Å². The summed E-state index contributed by atoms with van der Waals surface area (Å²) in [7, 11) is 0. The van der Waals surface area contributed by atoms with Crippen LogP contribution in [0.2, 0.25) is 5.02 Å². The van der Waals surface area contributed by atoms with E-state index in [-0.39, 0.29) is 17.0 Å². The van der Waals surface area contributed by atoms with Crippen molar-refractivity contribution < 1.29 is 4.74 Å². The normalized spacial score (nSPS) is 11.4. The van der Waals surface area contributed by atoms with Gasteiger partial charge in [0, 0.05) is 27.4 Å². The molecule has 0 unspecified atom stereocenters. The first-order valence-corrected chi connectivity index (χ1v) is 9.57. The summed E-state index contributed by atoms with van der Waals surface area (Å²) in [5.74, 6) is 1.62. The van der Waals surface area contributed by atoms with Crippen LogP contribution in [0.4, 0.5) is 0 Å². The molecule has 0 aliphatic heterocycles. The van der Waals surface area contributed by atoms with Crippen LogP contribution < -0.4 is 4.74 Å². The molecule has 0 atom stereocenters. The lowest BCUT2D eigenvalue weighted by Crippen LogP contribution is -1.87. The molecule has 0 saturated heterocycles. The fraction of sp³-hybridized carbons (Fsp3) is 0.0455.